The van der Waals surface area contributed by atoms with Crippen molar-refractivity contribution in [1.82, 2.24) is 10.2 Å². The van der Waals surface area contributed by atoms with E-state index in [9.17, 15) is 4.79 Å². The summed E-state index contributed by atoms with van der Waals surface area (Å²) in [5.74, 6) is -0.209. The van der Waals surface area contributed by atoms with Gasteiger partial charge in [0.05, 0.1) is 5.56 Å². The van der Waals surface area contributed by atoms with Crippen LogP contribution in [0.15, 0.2) is 53.0 Å². The van der Waals surface area contributed by atoms with Crippen LogP contribution in [0.3, 0.4) is 0 Å². The smallest absolute Gasteiger partial charge is 0.258 e. The van der Waals surface area contributed by atoms with Crippen molar-refractivity contribution < 1.29 is 4.79 Å². The first kappa shape index (κ1) is 14.9. The number of aryl methyl sites for hydroxylation is 1. The van der Waals surface area contributed by atoms with Crippen LogP contribution in [0.5, 0.6) is 0 Å². The Labute approximate surface area is 140 Å². The summed E-state index contributed by atoms with van der Waals surface area (Å²) in [5.41, 5.74) is 2.75. The molecule has 0 aliphatic heterocycles. The van der Waals surface area contributed by atoms with Crippen molar-refractivity contribution in [3.05, 3.63) is 64.1 Å². The lowest BCUT2D eigenvalue weighted by Crippen LogP contribution is -2.12. The summed E-state index contributed by atoms with van der Waals surface area (Å²) in [6.45, 7) is 2.03. The highest BCUT2D eigenvalue weighted by Gasteiger charge is 2.13. The minimum absolute atomic E-state index is 0.209. The number of halogens is 1. The van der Waals surface area contributed by atoms with Gasteiger partial charge in [0, 0.05) is 10.0 Å². The van der Waals surface area contributed by atoms with E-state index in [1.165, 1.54) is 16.9 Å². The fraction of sp³-hybridized carbons (Fsp3) is 0.0625. The molecule has 0 spiro atoms. The van der Waals surface area contributed by atoms with Crippen LogP contribution in [0.1, 0.15) is 15.9 Å². The third-order valence-electron chi connectivity index (χ3n) is 3.06. The fourth-order valence-corrected chi connectivity index (χ4v) is 3.11. The molecule has 0 saturated heterocycles. The molecule has 1 N–H and O–H groups in total. The molecule has 0 bridgehead atoms. The normalized spacial score (nSPS) is 10.5. The molecule has 110 valence electrons. The summed E-state index contributed by atoms with van der Waals surface area (Å²) < 4.78 is 0.746. The number of hydrogen-bond acceptors (Lipinski definition) is 4. The van der Waals surface area contributed by atoms with E-state index in [4.69, 9.17) is 0 Å². The topological polar surface area (TPSA) is 54.9 Å². The Bertz CT molecular complexity index is 814. The lowest BCUT2D eigenvalue weighted by molar-refractivity contribution is 0.102. The molecule has 0 fully saturated rings. The van der Waals surface area contributed by atoms with Crippen molar-refractivity contribution in [2.75, 3.05) is 5.32 Å². The average molecular weight is 374 g/mol. The molecule has 4 nitrogen and oxygen atoms in total. The zero-order chi connectivity index (χ0) is 15.5. The second-order valence-electron chi connectivity index (χ2n) is 4.71. The molecule has 1 amide bonds. The number of nitrogens with one attached hydrogen (secondary N) is 1. The van der Waals surface area contributed by atoms with E-state index in [1.54, 1.807) is 6.07 Å². The van der Waals surface area contributed by atoms with Gasteiger partial charge < -0.3 is 0 Å². The summed E-state index contributed by atoms with van der Waals surface area (Å²) in [6.07, 6.45) is 0. The van der Waals surface area contributed by atoms with Gasteiger partial charge in [0.2, 0.25) is 5.13 Å². The first-order chi connectivity index (χ1) is 10.6. The van der Waals surface area contributed by atoms with Gasteiger partial charge in [-0.15, -0.1) is 10.2 Å². The molecule has 0 radical (unpaired) electrons. The lowest BCUT2D eigenvalue weighted by atomic mass is 10.2. The number of nitrogens with zero attached hydrogens (tertiary/aromatic N) is 2. The first-order valence-electron chi connectivity index (χ1n) is 6.60. The molecule has 1 aromatic heterocycles. The Morgan fingerprint density at radius 1 is 1.09 bits per heavy atom. The molecular formula is C16H12BrN3OS. The minimum Gasteiger partial charge on any atom is -0.296 e. The van der Waals surface area contributed by atoms with Crippen LogP contribution in [0.2, 0.25) is 0 Å². The van der Waals surface area contributed by atoms with Crippen molar-refractivity contribution in [2.24, 2.45) is 0 Å². The number of carbonyl (C=O) groups is 1. The van der Waals surface area contributed by atoms with Crippen LogP contribution in [0.25, 0.3) is 10.6 Å². The van der Waals surface area contributed by atoms with Gasteiger partial charge >= 0.3 is 0 Å². The number of hydrogen-bond donors (Lipinski definition) is 1. The first-order valence-corrected chi connectivity index (χ1v) is 8.21. The molecule has 0 atom stereocenters. The SMILES string of the molecule is Cc1ccc(-c2nnc(NC(=O)c3ccccc3Br)s2)cc1. The average Bonchev–Trinajstić information content (AvgIpc) is 2.97. The van der Waals surface area contributed by atoms with E-state index in [0.29, 0.717) is 10.7 Å². The van der Waals surface area contributed by atoms with E-state index < -0.39 is 0 Å². The summed E-state index contributed by atoms with van der Waals surface area (Å²) in [5, 5.41) is 12.2. The number of rotatable bonds is 3. The third kappa shape index (κ3) is 3.23. The molecule has 3 rings (SSSR count). The van der Waals surface area contributed by atoms with Gasteiger partial charge in [-0.2, -0.15) is 0 Å². The van der Waals surface area contributed by atoms with Crippen molar-refractivity contribution >= 4 is 38.3 Å². The molecule has 0 aliphatic carbocycles. The number of aromatic nitrogens is 2. The second kappa shape index (κ2) is 6.37. The lowest BCUT2D eigenvalue weighted by Gasteiger charge is -2.02. The highest BCUT2D eigenvalue weighted by atomic mass is 79.9. The molecule has 0 unspecified atom stereocenters. The summed E-state index contributed by atoms with van der Waals surface area (Å²) >= 11 is 4.72. The van der Waals surface area contributed by atoms with Crippen LogP contribution in [0, 0.1) is 6.92 Å². The van der Waals surface area contributed by atoms with E-state index in [1.807, 2.05) is 49.4 Å². The largest absolute Gasteiger partial charge is 0.296 e. The van der Waals surface area contributed by atoms with Crippen molar-refractivity contribution in [3.8, 4) is 10.6 Å². The Morgan fingerprint density at radius 2 is 1.82 bits per heavy atom. The number of carbonyl (C=O) groups excluding carboxylic acids is 1. The second-order valence-corrected chi connectivity index (χ2v) is 6.54. The van der Waals surface area contributed by atoms with Crippen molar-refractivity contribution in [1.29, 1.82) is 0 Å². The molecule has 1 heterocycles. The molecule has 2 aromatic carbocycles. The minimum atomic E-state index is -0.209. The summed E-state index contributed by atoms with van der Waals surface area (Å²) in [4.78, 5) is 12.2. The van der Waals surface area contributed by atoms with Crippen LogP contribution in [-0.2, 0) is 0 Å². The predicted molar refractivity (Wildman–Crippen MR) is 92.2 cm³/mol. The summed E-state index contributed by atoms with van der Waals surface area (Å²) in [7, 11) is 0. The third-order valence-corrected chi connectivity index (χ3v) is 4.64. The zero-order valence-corrected chi connectivity index (χ0v) is 14.1. The Kier molecular flexibility index (Phi) is 4.31. The van der Waals surface area contributed by atoms with E-state index in [2.05, 4.69) is 31.4 Å². The predicted octanol–water partition coefficient (Wildman–Crippen LogP) is 4.53. The van der Waals surface area contributed by atoms with Crippen LogP contribution in [0.4, 0.5) is 5.13 Å². The number of benzene rings is 2. The Balaban J connectivity index is 1.78. The van der Waals surface area contributed by atoms with Crippen LogP contribution >= 0.6 is 27.3 Å². The summed E-state index contributed by atoms with van der Waals surface area (Å²) in [6, 6.07) is 15.3. The molecule has 3 aromatic rings. The number of anilines is 1. The Hall–Kier alpha value is -2.05. The fourth-order valence-electron chi connectivity index (χ4n) is 1.90. The molecule has 22 heavy (non-hydrogen) atoms. The number of amides is 1. The molecular weight excluding hydrogens is 362 g/mol. The zero-order valence-electron chi connectivity index (χ0n) is 11.7. The highest BCUT2D eigenvalue weighted by molar-refractivity contribution is 9.10. The van der Waals surface area contributed by atoms with Crippen molar-refractivity contribution in [2.45, 2.75) is 6.92 Å². The molecule has 6 heteroatoms. The van der Waals surface area contributed by atoms with Crippen LogP contribution in [-0.4, -0.2) is 16.1 Å². The molecule has 0 saturated carbocycles. The maximum absolute atomic E-state index is 12.2. The molecule has 0 aliphatic rings. The van der Waals surface area contributed by atoms with Gasteiger partial charge in [-0.25, -0.2) is 0 Å². The van der Waals surface area contributed by atoms with E-state index >= 15 is 0 Å². The quantitative estimate of drug-likeness (QED) is 0.733. The van der Waals surface area contributed by atoms with Gasteiger partial charge in [0.15, 0.2) is 0 Å². The van der Waals surface area contributed by atoms with E-state index in [-0.39, 0.29) is 5.91 Å². The van der Waals surface area contributed by atoms with E-state index in [0.717, 1.165) is 15.0 Å². The van der Waals surface area contributed by atoms with Gasteiger partial charge in [0.1, 0.15) is 5.01 Å². The maximum Gasteiger partial charge on any atom is 0.258 e. The van der Waals surface area contributed by atoms with Gasteiger partial charge in [0.25, 0.3) is 5.91 Å². The maximum atomic E-state index is 12.2. The van der Waals surface area contributed by atoms with Gasteiger partial charge in [-0.3, -0.25) is 10.1 Å². The standard InChI is InChI=1S/C16H12BrN3OS/c1-10-6-8-11(9-7-10)15-19-20-16(22-15)18-14(21)12-4-2-3-5-13(12)17/h2-9H,1H3,(H,18,20,21). The van der Waals surface area contributed by atoms with Crippen LogP contribution < -0.4 is 5.32 Å². The van der Waals surface area contributed by atoms with Gasteiger partial charge in [-0.1, -0.05) is 53.3 Å². The highest BCUT2D eigenvalue weighted by Crippen LogP contribution is 2.27. The Morgan fingerprint density at radius 3 is 2.55 bits per heavy atom. The van der Waals surface area contributed by atoms with Gasteiger partial charge in [-0.05, 0) is 35.0 Å². The monoisotopic (exact) mass is 373 g/mol. The van der Waals surface area contributed by atoms with Crippen molar-refractivity contribution in [3.63, 3.8) is 0 Å².